The summed E-state index contributed by atoms with van der Waals surface area (Å²) in [6.45, 7) is 0. The Bertz CT molecular complexity index is 606. The van der Waals surface area contributed by atoms with E-state index < -0.39 is 17.7 Å². The van der Waals surface area contributed by atoms with Crippen LogP contribution < -0.4 is 25.6 Å². The van der Waals surface area contributed by atoms with Gasteiger partial charge in [0.25, 0.3) is 0 Å². The number of nitrogens with one attached hydrogen (secondary N) is 3. The SMILES string of the molecule is COc1cc(CCC(=O)NNC(=O)C(=O)NC2CC2)cc(OC)c1. The van der Waals surface area contributed by atoms with Crippen LogP contribution in [0.4, 0.5) is 0 Å². The summed E-state index contributed by atoms with van der Waals surface area (Å²) in [5.41, 5.74) is 5.18. The van der Waals surface area contributed by atoms with E-state index in [2.05, 4.69) is 16.2 Å². The fraction of sp³-hybridized carbons (Fsp3) is 0.438. The van der Waals surface area contributed by atoms with Crippen LogP contribution in [0.2, 0.25) is 0 Å². The van der Waals surface area contributed by atoms with Gasteiger partial charge in [-0.05, 0) is 37.0 Å². The van der Waals surface area contributed by atoms with Gasteiger partial charge in [0.05, 0.1) is 14.2 Å². The predicted octanol–water partition coefficient (Wildman–Crippen LogP) is 0.0624. The number of amides is 3. The van der Waals surface area contributed by atoms with Crippen molar-refractivity contribution in [1.82, 2.24) is 16.2 Å². The molecular weight excluding hydrogens is 314 g/mol. The third kappa shape index (κ3) is 5.45. The minimum Gasteiger partial charge on any atom is -0.497 e. The second-order valence-corrected chi connectivity index (χ2v) is 5.47. The van der Waals surface area contributed by atoms with E-state index in [9.17, 15) is 14.4 Å². The van der Waals surface area contributed by atoms with Gasteiger partial charge in [-0.2, -0.15) is 0 Å². The van der Waals surface area contributed by atoms with Gasteiger partial charge in [-0.1, -0.05) is 0 Å². The van der Waals surface area contributed by atoms with Gasteiger partial charge in [0.1, 0.15) is 11.5 Å². The van der Waals surface area contributed by atoms with Crippen LogP contribution in [0.3, 0.4) is 0 Å². The molecule has 8 heteroatoms. The first kappa shape index (κ1) is 17.6. The van der Waals surface area contributed by atoms with E-state index in [1.807, 2.05) is 0 Å². The molecule has 0 unspecified atom stereocenters. The fourth-order valence-electron chi connectivity index (χ4n) is 1.99. The molecule has 1 aromatic rings. The monoisotopic (exact) mass is 335 g/mol. The van der Waals surface area contributed by atoms with E-state index in [0.717, 1.165) is 18.4 Å². The Morgan fingerprint density at radius 1 is 1.00 bits per heavy atom. The lowest BCUT2D eigenvalue weighted by Gasteiger charge is -2.09. The molecule has 0 aromatic heterocycles. The molecule has 0 atom stereocenters. The van der Waals surface area contributed by atoms with Crippen molar-refractivity contribution in [2.45, 2.75) is 31.7 Å². The molecule has 2 rings (SSSR count). The molecule has 0 spiro atoms. The molecule has 0 saturated heterocycles. The molecule has 1 aromatic carbocycles. The highest BCUT2D eigenvalue weighted by atomic mass is 16.5. The zero-order chi connectivity index (χ0) is 17.5. The van der Waals surface area contributed by atoms with Crippen LogP contribution in [-0.2, 0) is 20.8 Å². The van der Waals surface area contributed by atoms with Gasteiger partial charge in [0, 0.05) is 18.5 Å². The molecule has 1 fully saturated rings. The summed E-state index contributed by atoms with van der Waals surface area (Å²) in [5.74, 6) is -0.748. The van der Waals surface area contributed by atoms with Crippen molar-refractivity contribution in [2.75, 3.05) is 14.2 Å². The maximum absolute atomic E-state index is 11.8. The molecule has 1 aliphatic rings. The summed E-state index contributed by atoms with van der Waals surface area (Å²) >= 11 is 0. The van der Waals surface area contributed by atoms with Gasteiger partial charge in [-0.25, -0.2) is 0 Å². The Morgan fingerprint density at radius 3 is 2.17 bits per heavy atom. The average Bonchev–Trinajstić information content (AvgIpc) is 3.41. The summed E-state index contributed by atoms with van der Waals surface area (Å²) in [5, 5.41) is 2.53. The Morgan fingerprint density at radius 2 is 1.62 bits per heavy atom. The summed E-state index contributed by atoms with van der Waals surface area (Å²) in [7, 11) is 3.10. The van der Waals surface area contributed by atoms with Crippen LogP contribution in [0.15, 0.2) is 18.2 Å². The number of hydrogen-bond donors (Lipinski definition) is 3. The van der Waals surface area contributed by atoms with E-state index in [-0.39, 0.29) is 12.5 Å². The van der Waals surface area contributed by atoms with E-state index >= 15 is 0 Å². The van der Waals surface area contributed by atoms with Crippen LogP contribution in [0.25, 0.3) is 0 Å². The third-order valence-corrected chi connectivity index (χ3v) is 3.49. The van der Waals surface area contributed by atoms with Crippen molar-refractivity contribution in [3.8, 4) is 11.5 Å². The molecule has 3 N–H and O–H groups in total. The summed E-state index contributed by atoms with van der Waals surface area (Å²) < 4.78 is 10.3. The van der Waals surface area contributed by atoms with Crippen molar-refractivity contribution in [3.63, 3.8) is 0 Å². The third-order valence-electron chi connectivity index (χ3n) is 3.49. The first-order chi connectivity index (χ1) is 11.5. The second kappa shape index (κ2) is 8.19. The number of ether oxygens (including phenoxy) is 2. The molecule has 0 radical (unpaired) electrons. The van der Waals surface area contributed by atoms with Gasteiger partial charge in [-0.15, -0.1) is 0 Å². The van der Waals surface area contributed by atoms with E-state index in [0.29, 0.717) is 17.9 Å². The summed E-state index contributed by atoms with van der Waals surface area (Å²) in [4.78, 5) is 34.7. The molecule has 0 heterocycles. The lowest BCUT2D eigenvalue weighted by Crippen LogP contribution is -2.49. The Hall–Kier alpha value is -2.77. The van der Waals surface area contributed by atoms with Crippen LogP contribution in [-0.4, -0.2) is 38.0 Å². The molecule has 24 heavy (non-hydrogen) atoms. The summed E-state index contributed by atoms with van der Waals surface area (Å²) in [6, 6.07) is 5.43. The maximum Gasteiger partial charge on any atom is 0.327 e. The molecule has 130 valence electrons. The topological polar surface area (TPSA) is 106 Å². The van der Waals surface area contributed by atoms with Crippen LogP contribution in [0, 0.1) is 0 Å². The number of rotatable bonds is 6. The Kier molecular flexibility index (Phi) is 6.00. The number of benzene rings is 1. The minimum absolute atomic E-state index is 0.0852. The maximum atomic E-state index is 11.8. The number of carbonyl (C=O) groups excluding carboxylic acids is 3. The smallest absolute Gasteiger partial charge is 0.327 e. The molecule has 0 aliphatic heterocycles. The van der Waals surface area contributed by atoms with Crippen molar-refractivity contribution in [3.05, 3.63) is 23.8 Å². The van der Waals surface area contributed by atoms with Crippen LogP contribution in [0.1, 0.15) is 24.8 Å². The Balaban J connectivity index is 1.76. The van der Waals surface area contributed by atoms with Gasteiger partial charge in [-0.3, -0.25) is 25.2 Å². The summed E-state index contributed by atoms with van der Waals surface area (Å²) in [6.07, 6.45) is 2.34. The standard InChI is InChI=1S/C16H21N3O5/c1-23-12-7-10(8-13(9-12)24-2)3-6-14(20)18-19-16(22)15(21)17-11-4-5-11/h7-9,11H,3-6H2,1-2H3,(H,17,21)(H,18,20)(H,19,22). The van der Waals surface area contributed by atoms with Crippen LogP contribution >= 0.6 is 0 Å². The second-order valence-electron chi connectivity index (χ2n) is 5.47. The highest BCUT2D eigenvalue weighted by Crippen LogP contribution is 2.23. The number of aryl methyl sites for hydroxylation is 1. The minimum atomic E-state index is -0.877. The molecule has 1 aliphatic carbocycles. The number of hydrogen-bond acceptors (Lipinski definition) is 5. The quantitative estimate of drug-likeness (QED) is 0.504. The largest absolute Gasteiger partial charge is 0.497 e. The van der Waals surface area contributed by atoms with Crippen molar-refractivity contribution >= 4 is 17.7 Å². The lowest BCUT2D eigenvalue weighted by molar-refractivity contribution is -0.141. The molecular formula is C16H21N3O5. The van der Waals surface area contributed by atoms with Gasteiger partial charge >= 0.3 is 11.8 Å². The molecule has 1 saturated carbocycles. The van der Waals surface area contributed by atoms with E-state index in [4.69, 9.17) is 9.47 Å². The highest BCUT2D eigenvalue weighted by Gasteiger charge is 2.26. The van der Waals surface area contributed by atoms with Gasteiger partial charge < -0.3 is 14.8 Å². The zero-order valence-corrected chi connectivity index (χ0v) is 13.7. The average molecular weight is 335 g/mol. The van der Waals surface area contributed by atoms with Crippen LogP contribution in [0.5, 0.6) is 11.5 Å². The Labute approximate surface area is 139 Å². The molecule has 3 amide bonds. The molecule has 0 bridgehead atoms. The lowest BCUT2D eigenvalue weighted by atomic mass is 10.1. The van der Waals surface area contributed by atoms with E-state index in [1.165, 1.54) is 0 Å². The van der Waals surface area contributed by atoms with Crippen molar-refractivity contribution < 1.29 is 23.9 Å². The normalized spacial score (nSPS) is 12.9. The van der Waals surface area contributed by atoms with Crippen molar-refractivity contribution in [1.29, 1.82) is 0 Å². The molecule has 8 nitrogen and oxygen atoms in total. The van der Waals surface area contributed by atoms with Gasteiger partial charge in [0.15, 0.2) is 0 Å². The first-order valence-corrected chi connectivity index (χ1v) is 7.63. The predicted molar refractivity (Wildman–Crippen MR) is 85.3 cm³/mol. The first-order valence-electron chi connectivity index (χ1n) is 7.63. The fourth-order valence-corrected chi connectivity index (χ4v) is 1.99. The number of hydrazine groups is 1. The van der Waals surface area contributed by atoms with E-state index in [1.54, 1.807) is 32.4 Å². The zero-order valence-electron chi connectivity index (χ0n) is 13.7. The number of methoxy groups -OCH3 is 2. The van der Waals surface area contributed by atoms with Gasteiger partial charge in [0.2, 0.25) is 5.91 Å². The highest BCUT2D eigenvalue weighted by molar-refractivity contribution is 6.35. The van der Waals surface area contributed by atoms with Crippen molar-refractivity contribution in [2.24, 2.45) is 0 Å². The number of carbonyl (C=O) groups is 3.